The average Bonchev–Trinajstić information content (AvgIpc) is 2.23. The zero-order valence-corrected chi connectivity index (χ0v) is 8.21. The smallest absolute Gasteiger partial charge is 0.404 e. The van der Waals surface area contributed by atoms with Crippen molar-refractivity contribution in [2.75, 3.05) is 13.2 Å². The Hall–Kier alpha value is -2.07. The lowest BCUT2D eigenvalue weighted by atomic mass is 10.6. The monoisotopic (exact) mass is 235 g/mol. The largest absolute Gasteiger partial charge is 0.445 e. The highest BCUT2D eigenvalue weighted by molar-refractivity contribution is 5.83. The molecule has 0 aliphatic heterocycles. The third-order valence-electron chi connectivity index (χ3n) is 1.14. The summed E-state index contributed by atoms with van der Waals surface area (Å²) in [6.07, 6.45) is -2.47. The zero-order valence-electron chi connectivity index (χ0n) is 8.21. The Bertz CT molecular complexity index is 280. The van der Waals surface area contributed by atoms with E-state index in [9.17, 15) is 9.59 Å². The molecule has 0 aliphatic carbocycles. The molecule has 0 spiro atoms. The number of aliphatic imine (C=N–C) groups is 1. The van der Waals surface area contributed by atoms with Gasteiger partial charge in [0.25, 0.3) is 5.91 Å². The lowest BCUT2D eigenvalue weighted by Gasteiger charge is -2.09. The zero-order chi connectivity index (χ0) is 12.6. The standard InChI is InChI=1S/C6H13N5O5/c7-5(11-10-3(13)1-12)9-4(14)2-16-6(8)15/h4,12,14H,1-2H2,(H2,8,15)(H,10,13)(H3,7,9,11). The van der Waals surface area contributed by atoms with Crippen LogP contribution in [0, 0.1) is 0 Å². The molecule has 1 atom stereocenters. The second-order valence-corrected chi connectivity index (χ2v) is 2.46. The number of rotatable bonds is 4. The van der Waals surface area contributed by atoms with E-state index in [1.54, 1.807) is 0 Å². The Kier molecular flexibility index (Phi) is 6.31. The number of carbonyl (C=O) groups is 2. The molecule has 1 unspecified atom stereocenters. The lowest BCUT2D eigenvalue weighted by molar-refractivity contribution is -0.124. The predicted octanol–water partition coefficient (Wildman–Crippen LogP) is -3.67. The Morgan fingerprint density at radius 1 is 1.38 bits per heavy atom. The first-order chi connectivity index (χ1) is 7.45. The van der Waals surface area contributed by atoms with Gasteiger partial charge in [-0.15, -0.1) is 0 Å². The molecule has 0 saturated heterocycles. The molecule has 10 nitrogen and oxygen atoms in total. The number of nitrogens with zero attached hydrogens (tertiary/aromatic N) is 1. The molecule has 10 heteroatoms. The highest BCUT2D eigenvalue weighted by Crippen LogP contribution is 1.86. The van der Waals surface area contributed by atoms with Crippen molar-refractivity contribution in [3.63, 3.8) is 0 Å². The summed E-state index contributed by atoms with van der Waals surface area (Å²) >= 11 is 0. The van der Waals surface area contributed by atoms with Gasteiger partial charge in [-0.25, -0.2) is 9.79 Å². The van der Waals surface area contributed by atoms with E-state index >= 15 is 0 Å². The Balaban J connectivity index is 3.91. The number of carbonyl (C=O) groups excluding carboxylic acids is 2. The topological polar surface area (TPSA) is 172 Å². The van der Waals surface area contributed by atoms with Crippen molar-refractivity contribution < 1.29 is 24.5 Å². The first kappa shape index (κ1) is 13.9. The van der Waals surface area contributed by atoms with Gasteiger partial charge < -0.3 is 26.4 Å². The van der Waals surface area contributed by atoms with Crippen molar-refractivity contribution in [1.82, 2.24) is 10.9 Å². The fraction of sp³-hybridized carbons (Fsp3) is 0.500. The van der Waals surface area contributed by atoms with Crippen LogP contribution in [0.3, 0.4) is 0 Å². The maximum atomic E-state index is 10.5. The number of nitrogens with one attached hydrogen (secondary N) is 2. The number of aliphatic hydroxyl groups is 2. The van der Waals surface area contributed by atoms with Gasteiger partial charge in [0.2, 0.25) is 5.96 Å². The molecule has 0 rings (SSSR count). The summed E-state index contributed by atoms with van der Waals surface area (Å²) in [5, 5.41) is 17.4. The van der Waals surface area contributed by atoms with Crippen molar-refractivity contribution in [2.45, 2.75) is 6.23 Å². The van der Waals surface area contributed by atoms with Crippen molar-refractivity contribution in [3.8, 4) is 0 Å². The summed E-state index contributed by atoms with van der Waals surface area (Å²) in [6, 6.07) is 0. The van der Waals surface area contributed by atoms with E-state index in [-0.39, 0.29) is 5.96 Å². The second kappa shape index (κ2) is 7.25. The summed E-state index contributed by atoms with van der Waals surface area (Å²) < 4.78 is 4.22. The molecule has 0 saturated carbocycles. The van der Waals surface area contributed by atoms with Gasteiger partial charge in [0, 0.05) is 0 Å². The average molecular weight is 235 g/mol. The van der Waals surface area contributed by atoms with Gasteiger partial charge in [0.05, 0.1) is 0 Å². The van der Waals surface area contributed by atoms with Gasteiger partial charge >= 0.3 is 6.09 Å². The van der Waals surface area contributed by atoms with Crippen LogP contribution in [0.1, 0.15) is 0 Å². The summed E-state index contributed by atoms with van der Waals surface area (Å²) in [6.45, 7) is -1.20. The molecular formula is C6H13N5O5. The summed E-state index contributed by atoms with van der Waals surface area (Å²) in [4.78, 5) is 24.1. The fourth-order valence-corrected chi connectivity index (χ4v) is 0.560. The number of hydrazine groups is 1. The van der Waals surface area contributed by atoms with Crippen LogP contribution >= 0.6 is 0 Å². The molecule has 8 N–H and O–H groups in total. The van der Waals surface area contributed by atoms with E-state index in [0.717, 1.165) is 0 Å². The molecule has 92 valence electrons. The third kappa shape index (κ3) is 7.34. The number of ether oxygens (including phenoxy) is 1. The number of aliphatic hydroxyl groups excluding tert-OH is 2. The first-order valence-corrected chi connectivity index (χ1v) is 4.05. The van der Waals surface area contributed by atoms with Crippen molar-refractivity contribution >= 4 is 18.0 Å². The van der Waals surface area contributed by atoms with Gasteiger partial charge in [-0.2, -0.15) is 0 Å². The number of primary amides is 1. The van der Waals surface area contributed by atoms with Crippen molar-refractivity contribution in [3.05, 3.63) is 0 Å². The van der Waals surface area contributed by atoms with Crippen LogP contribution in [-0.2, 0) is 9.53 Å². The van der Waals surface area contributed by atoms with Crippen molar-refractivity contribution in [1.29, 1.82) is 0 Å². The molecule has 0 heterocycles. The van der Waals surface area contributed by atoms with Gasteiger partial charge in [-0.05, 0) is 0 Å². The van der Waals surface area contributed by atoms with Crippen LogP contribution < -0.4 is 22.3 Å². The van der Waals surface area contributed by atoms with E-state index in [4.69, 9.17) is 15.9 Å². The van der Waals surface area contributed by atoms with Crippen LogP contribution in [0.2, 0.25) is 0 Å². The molecule has 2 amide bonds. The molecule has 0 aromatic rings. The minimum atomic E-state index is -1.41. The van der Waals surface area contributed by atoms with Crippen molar-refractivity contribution in [2.24, 2.45) is 16.5 Å². The maximum absolute atomic E-state index is 10.5. The Morgan fingerprint density at radius 3 is 2.50 bits per heavy atom. The number of hydrogen-bond acceptors (Lipinski definition) is 6. The third-order valence-corrected chi connectivity index (χ3v) is 1.14. The van der Waals surface area contributed by atoms with Crippen LogP contribution in [0.5, 0.6) is 0 Å². The molecule has 0 aromatic heterocycles. The van der Waals surface area contributed by atoms with Gasteiger partial charge in [-0.3, -0.25) is 15.6 Å². The molecule has 0 bridgehead atoms. The number of guanidine groups is 1. The lowest BCUT2D eigenvalue weighted by Crippen LogP contribution is -2.47. The molecule has 0 radical (unpaired) electrons. The maximum Gasteiger partial charge on any atom is 0.404 e. The quantitative estimate of drug-likeness (QED) is 0.165. The highest BCUT2D eigenvalue weighted by Gasteiger charge is 2.05. The normalized spacial score (nSPS) is 12.8. The molecular weight excluding hydrogens is 222 g/mol. The second-order valence-electron chi connectivity index (χ2n) is 2.46. The molecule has 0 fully saturated rings. The van der Waals surface area contributed by atoms with E-state index in [2.05, 4.69) is 20.9 Å². The van der Waals surface area contributed by atoms with Gasteiger partial charge in [-0.1, -0.05) is 0 Å². The van der Waals surface area contributed by atoms with Crippen LogP contribution in [-0.4, -0.2) is 47.6 Å². The number of nitrogens with two attached hydrogens (primary N) is 2. The molecule has 0 aliphatic rings. The minimum Gasteiger partial charge on any atom is -0.445 e. The Labute approximate surface area is 90.2 Å². The predicted molar refractivity (Wildman–Crippen MR) is 51.5 cm³/mol. The van der Waals surface area contributed by atoms with E-state index in [1.807, 2.05) is 5.43 Å². The summed E-state index contributed by atoms with van der Waals surface area (Å²) in [5.74, 6) is -1.07. The summed E-state index contributed by atoms with van der Waals surface area (Å²) in [5.41, 5.74) is 13.9. The SMILES string of the molecule is NC(=O)OCC(O)N=C(N)NNC(=O)CO. The van der Waals surface area contributed by atoms with Crippen LogP contribution in [0.25, 0.3) is 0 Å². The summed E-state index contributed by atoms with van der Waals surface area (Å²) in [7, 11) is 0. The van der Waals surface area contributed by atoms with Gasteiger partial charge in [0.1, 0.15) is 13.2 Å². The molecule has 16 heavy (non-hydrogen) atoms. The first-order valence-electron chi connectivity index (χ1n) is 4.05. The highest BCUT2D eigenvalue weighted by atomic mass is 16.6. The Morgan fingerprint density at radius 2 is 2.00 bits per heavy atom. The van der Waals surface area contributed by atoms with E-state index < -0.39 is 31.4 Å². The number of amides is 2. The van der Waals surface area contributed by atoms with Crippen LogP contribution in [0.4, 0.5) is 4.79 Å². The van der Waals surface area contributed by atoms with Crippen LogP contribution in [0.15, 0.2) is 4.99 Å². The van der Waals surface area contributed by atoms with E-state index in [0.29, 0.717) is 0 Å². The fourth-order valence-electron chi connectivity index (χ4n) is 0.560. The molecule has 0 aromatic carbocycles. The number of hydrogen-bond donors (Lipinski definition) is 6. The van der Waals surface area contributed by atoms with E-state index in [1.165, 1.54) is 0 Å². The minimum absolute atomic E-state index is 0.331. The van der Waals surface area contributed by atoms with Gasteiger partial charge in [0.15, 0.2) is 6.23 Å².